The zero-order chi connectivity index (χ0) is 21.9. The fraction of sp³-hybridized carbons (Fsp3) is 0.100. The Morgan fingerprint density at radius 3 is 1.87 bits per heavy atom. The van der Waals surface area contributed by atoms with Crippen LogP contribution in [0.15, 0.2) is 81.4 Å². The molecule has 0 radical (unpaired) electrons. The molecule has 2 N–H and O–H groups in total. The van der Waals surface area contributed by atoms with Gasteiger partial charge in [0.25, 0.3) is 20.0 Å². The van der Waals surface area contributed by atoms with Crippen molar-refractivity contribution in [3.8, 4) is 0 Å². The summed E-state index contributed by atoms with van der Waals surface area (Å²) in [6.07, 6.45) is 1.90. The van der Waals surface area contributed by atoms with Crippen molar-refractivity contribution in [2.75, 3.05) is 15.7 Å². The van der Waals surface area contributed by atoms with Gasteiger partial charge in [0.1, 0.15) is 0 Å². The second-order valence-electron chi connectivity index (χ2n) is 6.32. The lowest BCUT2D eigenvalue weighted by atomic mass is 10.2. The van der Waals surface area contributed by atoms with Crippen LogP contribution in [0, 0.1) is 6.92 Å². The van der Waals surface area contributed by atoms with Gasteiger partial charge >= 0.3 is 0 Å². The molecule has 0 fully saturated rings. The molecule has 0 aliphatic heterocycles. The molecule has 0 saturated carbocycles. The molecule has 30 heavy (non-hydrogen) atoms. The van der Waals surface area contributed by atoms with Crippen molar-refractivity contribution in [2.24, 2.45) is 0 Å². The number of thioether (sulfide) groups is 1. The van der Waals surface area contributed by atoms with E-state index in [2.05, 4.69) is 9.44 Å². The van der Waals surface area contributed by atoms with E-state index >= 15 is 0 Å². The number of sulfonamides is 2. The molecule has 0 aliphatic rings. The van der Waals surface area contributed by atoms with E-state index in [-0.39, 0.29) is 15.5 Å². The summed E-state index contributed by atoms with van der Waals surface area (Å²) < 4.78 is 55.3. The maximum Gasteiger partial charge on any atom is 0.261 e. The monoisotopic (exact) mass is 482 g/mol. The van der Waals surface area contributed by atoms with Gasteiger partial charge in [-0.15, -0.1) is 11.8 Å². The Labute approximate surface area is 185 Å². The zero-order valence-corrected chi connectivity index (χ0v) is 19.3. The Bertz CT molecular complexity index is 1260. The van der Waals surface area contributed by atoms with E-state index in [9.17, 15) is 16.8 Å². The molecular formula is C20H19ClN2O4S3. The summed E-state index contributed by atoms with van der Waals surface area (Å²) in [5.74, 6) is 0. The van der Waals surface area contributed by atoms with Crippen LogP contribution < -0.4 is 9.44 Å². The number of rotatable bonds is 7. The highest BCUT2D eigenvalue weighted by Gasteiger charge is 2.18. The minimum Gasteiger partial charge on any atom is -0.280 e. The van der Waals surface area contributed by atoms with E-state index in [1.54, 1.807) is 37.3 Å². The average Bonchev–Trinajstić information content (AvgIpc) is 2.71. The van der Waals surface area contributed by atoms with Crippen LogP contribution in [0.1, 0.15) is 5.56 Å². The molecule has 0 saturated heterocycles. The summed E-state index contributed by atoms with van der Waals surface area (Å²) in [4.78, 5) is 1.06. The Morgan fingerprint density at radius 2 is 1.30 bits per heavy atom. The van der Waals surface area contributed by atoms with E-state index in [1.165, 1.54) is 48.2 Å². The van der Waals surface area contributed by atoms with Gasteiger partial charge in [0, 0.05) is 15.6 Å². The fourth-order valence-corrected chi connectivity index (χ4v) is 5.36. The highest BCUT2D eigenvalue weighted by atomic mass is 35.5. The molecule has 10 heteroatoms. The maximum absolute atomic E-state index is 12.6. The molecule has 158 valence electrons. The molecular weight excluding hydrogens is 464 g/mol. The van der Waals surface area contributed by atoms with Crippen molar-refractivity contribution in [2.45, 2.75) is 21.6 Å². The maximum atomic E-state index is 12.6. The van der Waals surface area contributed by atoms with Crippen LogP contribution in [-0.2, 0) is 20.0 Å². The van der Waals surface area contributed by atoms with Crippen molar-refractivity contribution < 1.29 is 16.8 Å². The summed E-state index contributed by atoms with van der Waals surface area (Å²) in [6, 6.07) is 16.9. The molecule has 0 bridgehead atoms. The van der Waals surface area contributed by atoms with Crippen molar-refractivity contribution in [1.29, 1.82) is 0 Å². The Morgan fingerprint density at radius 1 is 0.767 bits per heavy atom. The van der Waals surface area contributed by atoms with Crippen molar-refractivity contribution in [3.05, 3.63) is 77.3 Å². The first-order valence-electron chi connectivity index (χ1n) is 8.67. The van der Waals surface area contributed by atoms with E-state index < -0.39 is 20.0 Å². The van der Waals surface area contributed by atoms with Gasteiger partial charge in [-0.1, -0.05) is 17.7 Å². The van der Waals surface area contributed by atoms with Crippen LogP contribution in [0.4, 0.5) is 11.4 Å². The van der Waals surface area contributed by atoms with Crippen LogP contribution in [0.3, 0.4) is 0 Å². The van der Waals surface area contributed by atoms with Gasteiger partial charge in [-0.05, 0) is 79.4 Å². The van der Waals surface area contributed by atoms with Crippen LogP contribution in [-0.4, -0.2) is 23.1 Å². The highest BCUT2D eigenvalue weighted by molar-refractivity contribution is 7.98. The van der Waals surface area contributed by atoms with Gasteiger partial charge in [-0.2, -0.15) is 0 Å². The van der Waals surface area contributed by atoms with E-state index in [1.807, 2.05) is 6.26 Å². The largest absolute Gasteiger partial charge is 0.280 e. The quantitative estimate of drug-likeness (QED) is 0.464. The SMILES string of the molecule is CSc1ccc(S(=O)(=O)Nc2ccc(S(=O)(=O)Nc3cccc(Cl)c3C)cc2)cc1. The van der Waals surface area contributed by atoms with Crippen LogP contribution in [0.5, 0.6) is 0 Å². The van der Waals surface area contributed by atoms with E-state index in [4.69, 9.17) is 11.6 Å². The van der Waals surface area contributed by atoms with Gasteiger partial charge in [-0.25, -0.2) is 16.8 Å². The molecule has 3 aromatic rings. The summed E-state index contributed by atoms with van der Waals surface area (Å²) in [6.45, 7) is 1.71. The van der Waals surface area contributed by atoms with Gasteiger partial charge in [-0.3, -0.25) is 9.44 Å². The lowest BCUT2D eigenvalue weighted by molar-refractivity contribution is 0.600. The number of benzene rings is 3. The summed E-state index contributed by atoms with van der Waals surface area (Å²) in [5, 5.41) is 0.450. The number of nitrogens with one attached hydrogen (secondary N) is 2. The third-order valence-corrected chi connectivity index (χ3v) is 8.23. The Hall–Kier alpha value is -2.20. The number of halogens is 1. The molecule has 0 spiro atoms. The van der Waals surface area contributed by atoms with Crippen LogP contribution in [0.25, 0.3) is 0 Å². The van der Waals surface area contributed by atoms with Crippen molar-refractivity contribution in [3.63, 3.8) is 0 Å². The smallest absolute Gasteiger partial charge is 0.261 e. The first-order valence-corrected chi connectivity index (χ1v) is 13.2. The summed E-state index contributed by atoms with van der Waals surface area (Å²) in [7, 11) is -7.65. The van der Waals surface area contributed by atoms with E-state index in [0.717, 1.165) is 4.90 Å². The molecule has 0 aliphatic carbocycles. The molecule has 0 unspecified atom stereocenters. The van der Waals surface area contributed by atoms with Gasteiger partial charge in [0.15, 0.2) is 0 Å². The number of hydrogen-bond acceptors (Lipinski definition) is 5. The second kappa shape index (κ2) is 8.89. The molecule has 0 atom stereocenters. The predicted octanol–water partition coefficient (Wildman–Crippen LogP) is 4.97. The van der Waals surface area contributed by atoms with Gasteiger partial charge in [0.05, 0.1) is 15.5 Å². The Balaban J connectivity index is 1.79. The molecule has 0 aromatic heterocycles. The van der Waals surface area contributed by atoms with Gasteiger partial charge < -0.3 is 0 Å². The number of anilines is 2. The topological polar surface area (TPSA) is 92.3 Å². The summed E-state index contributed by atoms with van der Waals surface area (Å²) in [5.41, 5.74) is 1.24. The summed E-state index contributed by atoms with van der Waals surface area (Å²) >= 11 is 7.55. The van der Waals surface area contributed by atoms with Gasteiger partial charge in [0.2, 0.25) is 0 Å². The molecule has 0 heterocycles. The molecule has 6 nitrogen and oxygen atoms in total. The lowest BCUT2D eigenvalue weighted by Gasteiger charge is -2.12. The second-order valence-corrected chi connectivity index (χ2v) is 11.0. The third kappa shape index (κ3) is 5.10. The molecule has 3 rings (SSSR count). The first kappa shape index (κ1) is 22.5. The third-order valence-electron chi connectivity index (χ3n) is 4.30. The predicted molar refractivity (Wildman–Crippen MR) is 122 cm³/mol. The Kier molecular flexibility index (Phi) is 6.66. The first-order chi connectivity index (χ1) is 14.1. The van der Waals surface area contributed by atoms with Crippen LogP contribution in [0.2, 0.25) is 5.02 Å². The molecule has 3 aromatic carbocycles. The van der Waals surface area contributed by atoms with E-state index in [0.29, 0.717) is 16.3 Å². The van der Waals surface area contributed by atoms with Crippen molar-refractivity contribution in [1.82, 2.24) is 0 Å². The minimum absolute atomic E-state index is 0.00542. The minimum atomic E-state index is -3.86. The standard InChI is InChI=1S/C20H19ClN2O4S3/c1-14-19(21)4-3-5-20(14)23-30(26,27)17-10-6-15(7-11-17)22-29(24,25)18-12-8-16(28-2)9-13-18/h3-13,22-23H,1-2H3. The van der Waals surface area contributed by atoms with Crippen molar-refractivity contribution >= 4 is 54.8 Å². The zero-order valence-electron chi connectivity index (χ0n) is 16.1. The fourth-order valence-electron chi connectivity index (χ4n) is 2.59. The highest BCUT2D eigenvalue weighted by Crippen LogP contribution is 2.26. The average molecular weight is 483 g/mol. The molecule has 0 amide bonds. The van der Waals surface area contributed by atoms with Crippen LogP contribution >= 0.6 is 23.4 Å². The normalized spacial score (nSPS) is 11.8. The lowest BCUT2D eigenvalue weighted by Crippen LogP contribution is -2.15. The number of hydrogen-bond donors (Lipinski definition) is 2.